The molecule has 0 bridgehead atoms. The summed E-state index contributed by atoms with van der Waals surface area (Å²) in [5.74, 6) is 1.75. The Hall–Kier alpha value is -1.32. The van der Waals surface area contributed by atoms with E-state index in [1.807, 2.05) is 13.8 Å². The van der Waals surface area contributed by atoms with Gasteiger partial charge in [0.2, 0.25) is 0 Å². The van der Waals surface area contributed by atoms with Crippen LogP contribution < -0.4 is 0 Å². The molecule has 0 saturated heterocycles. The van der Waals surface area contributed by atoms with E-state index in [4.69, 9.17) is 9.26 Å². The highest BCUT2D eigenvalue weighted by Gasteiger charge is 2.26. The maximum Gasteiger partial charge on any atom is 0.184 e. The van der Waals surface area contributed by atoms with E-state index >= 15 is 0 Å². The number of hydrogen-bond acceptors (Lipinski definition) is 4. The van der Waals surface area contributed by atoms with Crippen molar-refractivity contribution in [3.63, 3.8) is 0 Å². The zero-order chi connectivity index (χ0) is 11.8. The van der Waals surface area contributed by atoms with Gasteiger partial charge >= 0.3 is 0 Å². The maximum absolute atomic E-state index is 5.55. The smallest absolute Gasteiger partial charge is 0.184 e. The number of ether oxygens (including phenoxy) is 1. The summed E-state index contributed by atoms with van der Waals surface area (Å²) in [5, 5.41) is 3.93. The Morgan fingerprint density at radius 2 is 2.00 bits per heavy atom. The average molecular weight is 222 g/mol. The molecule has 0 amide bonds. The van der Waals surface area contributed by atoms with Gasteiger partial charge in [-0.3, -0.25) is 0 Å². The minimum atomic E-state index is -0.0614. The van der Waals surface area contributed by atoms with E-state index in [9.17, 15) is 0 Å². The zero-order valence-electron chi connectivity index (χ0n) is 10.3. The Bertz CT molecular complexity index is 399. The van der Waals surface area contributed by atoms with Crippen molar-refractivity contribution < 1.29 is 9.26 Å². The number of nitrogens with zero attached hydrogens (tertiary/aromatic N) is 2. The molecule has 2 rings (SSSR count). The summed E-state index contributed by atoms with van der Waals surface area (Å²) < 4.78 is 10.7. The second kappa shape index (κ2) is 3.92. The topological polar surface area (TPSA) is 47.6 Å². The summed E-state index contributed by atoms with van der Waals surface area (Å²) >= 11 is 0. The van der Waals surface area contributed by atoms with Gasteiger partial charge in [0, 0.05) is 12.0 Å². The van der Waals surface area contributed by atoms with Crippen molar-refractivity contribution in [2.24, 2.45) is 4.99 Å². The standard InChI is InChI=1S/C12H18N2O2/c1-8-10(9(2)16-14-8)5-6-11-13-12(3,4)7-15-11/h5-7H2,1-4H3. The molecule has 1 aliphatic heterocycles. The third-order valence-electron chi connectivity index (χ3n) is 2.79. The highest BCUT2D eigenvalue weighted by Crippen LogP contribution is 2.21. The molecule has 1 aromatic heterocycles. The van der Waals surface area contributed by atoms with Crippen LogP contribution in [-0.4, -0.2) is 23.2 Å². The third-order valence-corrected chi connectivity index (χ3v) is 2.79. The lowest BCUT2D eigenvalue weighted by Crippen LogP contribution is -2.17. The van der Waals surface area contributed by atoms with Gasteiger partial charge in [0.05, 0.1) is 11.2 Å². The van der Waals surface area contributed by atoms with Crippen molar-refractivity contribution in [1.29, 1.82) is 0 Å². The second-order valence-electron chi connectivity index (χ2n) is 4.91. The van der Waals surface area contributed by atoms with Crippen LogP contribution in [0.15, 0.2) is 9.52 Å². The SMILES string of the molecule is Cc1noc(C)c1CCC1=NC(C)(C)CO1. The summed E-state index contributed by atoms with van der Waals surface area (Å²) in [6.07, 6.45) is 1.71. The van der Waals surface area contributed by atoms with Crippen LogP contribution in [0.2, 0.25) is 0 Å². The minimum Gasteiger partial charge on any atom is -0.478 e. The normalized spacial score (nSPS) is 18.4. The fourth-order valence-electron chi connectivity index (χ4n) is 1.88. The van der Waals surface area contributed by atoms with Crippen LogP contribution in [0.25, 0.3) is 0 Å². The number of aromatic nitrogens is 1. The van der Waals surface area contributed by atoms with E-state index in [1.54, 1.807) is 0 Å². The molecular formula is C12H18N2O2. The predicted molar refractivity (Wildman–Crippen MR) is 61.8 cm³/mol. The molecule has 0 saturated carbocycles. The fourth-order valence-corrected chi connectivity index (χ4v) is 1.88. The van der Waals surface area contributed by atoms with Crippen LogP contribution in [0.5, 0.6) is 0 Å². The molecule has 0 aromatic carbocycles. The monoisotopic (exact) mass is 222 g/mol. The Morgan fingerprint density at radius 1 is 1.25 bits per heavy atom. The van der Waals surface area contributed by atoms with E-state index in [-0.39, 0.29) is 5.54 Å². The van der Waals surface area contributed by atoms with Gasteiger partial charge in [0.15, 0.2) is 5.90 Å². The first-order valence-electron chi connectivity index (χ1n) is 5.61. The molecule has 1 aromatic rings. The summed E-state index contributed by atoms with van der Waals surface area (Å²) in [4.78, 5) is 4.52. The zero-order valence-corrected chi connectivity index (χ0v) is 10.3. The van der Waals surface area contributed by atoms with E-state index in [0.717, 1.165) is 30.2 Å². The Kier molecular flexibility index (Phi) is 2.74. The number of aryl methyl sites for hydroxylation is 2. The number of hydrogen-bond donors (Lipinski definition) is 0. The van der Waals surface area contributed by atoms with Crippen molar-refractivity contribution in [1.82, 2.24) is 5.16 Å². The second-order valence-corrected chi connectivity index (χ2v) is 4.91. The third kappa shape index (κ3) is 2.26. The van der Waals surface area contributed by atoms with Crippen LogP contribution in [0, 0.1) is 13.8 Å². The molecule has 16 heavy (non-hydrogen) atoms. The highest BCUT2D eigenvalue weighted by molar-refractivity contribution is 5.78. The van der Waals surface area contributed by atoms with Crippen molar-refractivity contribution in [3.8, 4) is 0 Å². The van der Waals surface area contributed by atoms with Crippen LogP contribution in [0.3, 0.4) is 0 Å². The van der Waals surface area contributed by atoms with Gasteiger partial charge < -0.3 is 9.26 Å². The Balaban J connectivity index is 1.99. The molecule has 0 N–H and O–H groups in total. The van der Waals surface area contributed by atoms with Crippen molar-refractivity contribution in [2.75, 3.05) is 6.61 Å². The quantitative estimate of drug-likeness (QED) is 0.789. The molecular weight excluding hydrogens is 204 g/mol. The van der Waals surface area contributed by atoms with Crippen LogP contribution in [0.4, 0.5) is 0 Å². The molecule has 0 spiro atoms. The molecule has 0 atom stereocenters. The van der Waals surface area contributed by atoms with Crippen LogP contribution >= 0.6 is 0 Å². The first-order valence-corrected chi connectivity index (χ1v) is 5.61. The van der Waals surface area contributed by atoms with Gasteiger partial charge in [-0.2, -0.15) is 0 Å². The van der Waals surface area contributed by atoms with Crippen LogP contribution in [-0.2, 0) is 11.2 Å². The van der Waals surface area contributed by atoms with Gasteiger partial charge in [-0.15, -0.1) is 0 Å². The molecule has 4 nitrogen and oxygen atoms in total. The maximum atomic E-state index is 5.55. The highest BCUT2D eigenvalue weighted by atomic mass is 16.5. The van der Waals surface area contributed by atoms with E-state index in [2.05, 4.69) is 24.0 Å². The van der Waals surface area contributed by atoms with Gasteiger partial charge in [0.1, 0.15) is 12.4 Å². The first kappa shape index (κ1) is 11.2. The molecule has 88 valence electrons. The number of rotatable bonds is 3. The van der Waals surface area contributed by atoms with Gasteiger partial charge in [0.25, 0.3) is 0 Å². The Labute approximate surface area is 95.7 Å². The summed E-state index contributed by atoms with van der Waals surface area (Å²) in [5.41, 5.74) is 2.08. The lowest BCUT2D eigenvalue weighted by Gasteiger charge is -2.07. The molecule has 0 fully saturated rings. The van der Waals surface area contributed by atoms with E-state index in [1.165, 1.54) is 5.56 Å². The molecule has 1 aliphatic rings. The van der Waals surface area contributed by atoms with Crippen molar-refractivity contribution >= 4 is 5.90 Å². The summed E-state index contributed by atoms with van der Waals surface area (Å²) in [6, 6.07) is 0. The molecule has 0 aliphatic carbocycles. The molecule has 0 unspecified atom stereocenters. The average Bonchev–Trinajstić information content (AvgIpc) is 2.69. The van der Waals surface area contributed by atoms with Gasteiger partial charge in [-0.05, 0) is 34.1 Å². The summed E-state index contributed by atoms with van der Waals surface area (Å²) in [7, 11) is 0. The van der Waals surface area contributed by atoms with Crippen LogP contribution in [0.1, 0.15) is 37.3 Å². The van der Waals surface area contributed by atoms with Gasteiger partial charge in [-0.1, -0.05) is 5.16 Å². The lowest BCUT2D eigenvalue weighted by atomic mass is 10.1. The van der Waals surface area contributed by atoms with E-state index < -0.39 is 0 Å². The van der Waals surface area contributed by atoms with Gasteiger partial charge in [-0.25, -0.2) is 4.99 Å². The largest absolute Gasteiger partial charge is 0.478 e. The van der Waals surface area contributed by atoms with E-state index in [0.29, 0.717) is 6.61 Å². The Morgan fingerprint density at radius 3 is 2.50 bits per heavy atom. The lowest BCUT2D eigenvalue weighted by molar-refractivity contribution is 0.274. The molecule has 4 heteroatoms. The van der Waals surface area contributed by atoms with Crippen molar-refractivity contribution in [3.05, 3.63) is 17.0 Å². The number of aliphatic imine (C=N–C) groups is 1. The first-order chi connectivity index (χ1) is 7.48. The fraction of sp³-hybridized carbons (Fsp3) is 0.667. The minimum absolute atomic E-state index is 0.0614. The predicted octanol–water partition coefficient (Wildman–Crippen LogP) is 2.43. The summed E-state index contributed by atoms with van der Waals surface area (Å²) in [6.45, 7) is 8.75. The molecule has 2 heterocycles. The van der Waals surface area contributed by atoms with Crippen molar-refractivity contribution in [2.45, 2.75) is 46.1 Å². The molecule has 0 radical (unpaired) electrons.